The summed E-state index contributed by atoms with van der Waals surface area (Å²) in [6.07, 6.45) is 0.463. The summed E-state index contributed by atoms with van der Waals surface area (Å²) < 4.78 is 37.9. The van der Waals surface area contributed by atoms with Gasteiger partial charge in [-0.1, -0.05) is 37.3 Å². The van der Waals surface area contributed by atoms with Crippen molar-refractivity contribution in [2.24, 2.45) is 5.92 Å². The SMILES string of the molecule is CC[C@@H]1C(=O)N(S(=O)(=O)Cc2ccccc2)[C@@H]1CF. The van der Waals surface area contributed by atoms with Gasteiger partial charge in [-0.2, -0.15) is 0 Å². The zero-order chi connectivity index (χ0) is 14.0. The number of β-lactam (4-membered cyclic amide) rings is 1. The van der Waals surface area contributed by atoms with E-state index in [4.69, 9.17) is 0 Å². The molecule has 0 unspecified atom stereocenters. The molecule has 19 heavy (non-hydrogen) atoms. The van der Waals surface area contributed by atoms with E-state index < -0.39 is 34.6 Å². The normalized spacial score (nSPS) is 23.3. The Labute approximate surface area is 112 Å². The molecule has 104 valence electrons. The highest BCUT2D eigenvalue weighted by Crippen LogP contribution is 2.33. The van der Waals surface area contributed by atoms with Gasteiger partial charge >= 0.3 is 0 Å². The number of carbonyl (C=O) groups is 1. The number of benzene rings is 1. The molecule has 1 aromatic rings. The van der Waals surface area contributed by atoms with Crippen LogP contribution in [0.3, 0.4) is 0 Å². The second kappa shape index (κ2) is 5.28. The monoisotopic (exact) mass is 285 g/mol. The van der Waals surface area contributed by atoms with Crippen molar-refractivity contribution in [3.63, 3.8) is 0 Å². The third-order valence-corrected chi connectivity index (χ3v) is 5.14. The molecule has 0 aromatic heterocycles. The van der Waals surface area contributed by atoms with Crippen LogP contribution in [-0.4, -0.2) is 31.3 Å². The van der Waals surface area contributed by atoms with Crippen LogP contribution >= 0.6 is 0 Å². The fraction of sp³-hybridized carbons (Fsp3) is 0.462. The van der Waals surface area contributed by atoms with Gasteiger partial charge in [0.05, 0.1) is 17.7 Å². The van der Waals surface area contributed by atoms with E-state index >= 15 is 0 Å². The average molecular weight is 285 g/mol. The third kappa shape index (κ3) is 2.49. The molecule has 1 saturated heterocycles. The van der Waals surface area contributed by atoms with Crippen LogP contribution in [0.5, 0.6) is 0 Å². The number of sulfonamides is 1. The summed E-state index contributed by atoms with van der Waals surface area (Å²) in [5, 5.41) is 0. The van der Waals surface area contributed by atoms with Crippen molar-refractivity contribution in [1.29, 1.82) is 0 Å². The molecule has 0 spiro atoms. The molecule has 0 saturated carbocycles. The molecule has 1 aromatic carbocycles. The minimum atomic E-state index is -3.79. The number of amides is 1. The molecule has 6 heteroatoms. The predicted octanol–water partition coefficient (Wildman–Crippen LogP) is 1.72. The average Bonchev–Trinajstić information content (AvgIpc) is 2.36. The molecule has 0 bridgehead atoms. The molecule has 1 aliphatic rings. The number of alkyl halides is 1. The van der Waals surface area contributed by atoms with Crippen molar-refractivity contribution in [3.05, 3.63) is 35.9 Å². The highest BCUT2D eigenvalue weighted by atomic mass is 32.2. The van der Waals surface area contributed by atoms with Crippen molar-refractivity contribution < 1.29 is 17.6 Å². The van der Waals surface area contributed by atoms with Crippen molar-refractivity contribution >= 4 is 15.9 Å². The van der Waals surface area contributed by atoms with Gasteiger partial charge in [-0.15, -0.1) is 0 Å². The van der Waals surface area contributed by atoms with Crippen LogP contribution in [0.25, 0.3) is 0 Å². The van der Waals surface area contributed by atoms with E-state index in [1.165, 1.54) is 0 Å². The standard InChI is InChI=1S/C13H16FNO3S/c1-2-11-12(8-14)15(13(11)16)19(17,18)9-10-6-4-3-5-7-10/h3-7,11-12H,2,8-9H2,1H3/t11-,12+/m0/s1. The topological polar surface area (TPSA) is 54.5 Å². The van der Waals surface area contributed by atoms with E-state index in [1.807, 2.05) is 0 Å². The Hall–Kier alpha value is -1.43. The van der Waals surface area contributed by atoms with Gasteiger partial charge in [-0.25, -0.2) is 17.1 Å². The van der Waals surface area contributed by atoms with Crippen LogP contribution in [-0.2, 0) is 20.6 Å². The highest BCUT2D eigenvalue weighted by Gasteiger charge is 2.51. The van der Waals surface area contributed by atoms with E-state index in [0.717, 1.165) is 0 Å². The Morgan fingerprint density at radius 2 is 1.89 bits per heavy atom. The molecule has 1 heterocycles. The van der Waals surface area contributed by atoms with Crippen molar-refractivity contribution in [3.8, 4) is 0 Å². The van der Waals surface area contributed by atoms with Crippen LogP contribution in [0, 0.1) is 5.92 Å². The van der Waals surface area contributed by atoms with Crippen LogP contribution in [0.2, 0.25) is 0 Å². The molecule has 0 N–H and O–H groups in total. The van der Waals surface area contributed by atoms with E-state index in [0.29, 0.717) is 16.3 Å². The van der Waals surface area contributed by atoms with Crippen LogP contribution < -0.4 is 0 Å². The van der Waals surface area contributed by atoms with Gasteiger partial charge in [0.1, 0.15) is 6.67 Å². The number of halogens is 1. The molecule has 0 radical (unpaired) electrons. The third-order valence-electron chi connectivity index (χ3n) is 3.39. The van der Waals surface area contributed by atoms with Gasteiger partial charge in [-0.3, -0.25) is 4.79 Å². The van der Waals surface area contributed by atoms with Crippen molar-refractivity contribution in [1.82, 2.24) is 4.31 Å². The Balaban J connectivity index is 2.19. The van der Waals surface area contributed by atoms with Crippen molar-refractivity contribution in [2.75, 3.05) is 6.67 Å². The van der Waals surface area contributed by atoms with Gasteiger partial charge in [0.15, 0.2) is 0 Å². The van der Waals surface area contributed by atoms with Crippen LogP contribution in [0.4, 0.5) is 4.39 Å². The Kier molecular flexibility index (Phi) is 3.89. The van der Waals surface area contributed by atoms with E-state index in [-0.39, 0.29) is 5.75 Å². The van der Waals surface area contributed by atoms with E-state index in [2.05, 4.69) is 0 Å². The molecule has 4 nitrogen and oxygen atoms in total. The number of hydrogen-bond donors (Lipinski definition) is 0. The first kappa shape index (κ1) is 14.0. The second-order valence-electron chi connectivity index (χ2n) is 4.61. The number of hydrogen-bond acceptors (Lipinski definition) is 3. The predicted molar refractivity (Wildman–Crippen MR) is 69.5 cm³/mol. The first-order valence-corrected chi connectivity index (χ1v) is 7.78. The van der Waals surface area contributed by atoms with Gasteiger partial charge in [0.25, 0.3) is 0 Å². The van der Waals surface area contributed by atoms with E-state index in [9.17, 15) is 17.6 Å². The summed E-state index contributed by atoms with van der Waals surface area (Å²) in [5.41, 5.74) is 0.591. The maximum atomic E-state index is 12.9. The zero-order valence-electron chi connectivity index (χ0n) is 10.6. The van der Waals surface area contributed by atoms with Gasteiger partial charge in [0, 0.05) is 0 Å². The van der Waals surface area contributed by atoms with Crippen molar-refractivity contribution in [2.45, 2.75) is 25.1 Å². The number of rotatable bonds is 5. The summed E-state index contributed by atoms with van der Waals surface area (Å²) in [6.45, 7) is 0.935. The Morgan fingerprint density at radius 1 is 1.26 bits per heavy atom. The summed E-state index contributed by atoms with van der Waals surface area (Å²) >= 11 is 0. The first-order chi connectivity index (χ1) is 9.01. The zero-order valence-corrected chi connectivity index (χ0v) is 11.4. The molecular weight excluding hydrogens is 269 g/mol. The summed E-state index contributed by atoms with van der Waals surface area (Å²) in [7, 11) is -3.79. The smallest absolute Gasteiger partial charge is 0.241 e. The van der Waals surface area contributed by atoms with Gasteiger partial charge in [-0.05, 0) is 12.0 Å². The molecular formula is C13H16FNO3S. The molecule has 0 aliphatic carbocycles. The summed E-state index contributed by atoms with van der Waals surface area (Å²) in [5.74, 6) is -1.26. The lowest BCUT2D eigenvalue weighted by atomic mass is 9.89. The molecule has 1 amide bonds. The van der Waals surface area contributed by atoms with Crippen LogP contribution in [0.15, 0.2) is 30.3 Å². The molecule has 1 fully saturated rings. The maximum Gasteiger partial charge on any atom is 0.241 e. The molecule has 2 rings (SSSR count). The van der Waals surface area contributed by atoms with Gasteiger partial charge in [0.2, 0.25) is 15.9 Å². The quantitative estimate of drug-likeness (QED) is 0.774. The number of nitrogens with zero attached hydrogens (tertiary/aromatic N) is 1. The fourth-order valence-corrected chi connectivity index (χ4v) is 4.17. The Bertz CT molecular complexity index is 559. The lowest BCUT2D eigenvalue weighted by Crippen LogP contribution is -2.63. The van der Waals surface area contributed by atoms with Gasteiger partial charge < -0.3 is 0 Å². The fourth-order valence-electron chi connectivity index (χ4n) is 2.39. The summed E-state index contributed by atoms with van der Waals surface area (Å²) in [4.78, 5) is 11.8. The number of carbonyl (C=O) groups excluding carboxylic acids is 1. The molecule has 2 atom stereocenters. The second-order valence-corrected chi connectivity index (χ2v) is 6.46. The van der Waals surface area contributed by atoms with Crippen LogP contribution in [0.1, 0.15) is 18.9 Å². The highest BCUT2D eigenvalue weighted by molar-refractivity contribution is 7.89. The van der Waals surface area contributed by atoms with E-state index in [1.54, 1.807) is 37.3 Å². The summed E-state index contributed by atoms with van der Waals surface area (Å²) in [6, 6.07) is 7.75. The lowest BCUT2D eigenvalue weighted by Gasteiger charge is -2.44. The minimum Gasteiger partial charge on any atom is -0.273 e. The minimum absolute atomic E-state index is 0.271. The first-order valence-electron chi connectivity index (χ1n) is 6.17. The largest absolute Gasteiger partial charge is 0.273 e. The lowest BCUT2D eigenvalue weighted by molar-refractivity contribution is -0.147. The maximum absolute atomic E-state index is 12.9. The Morgan fingerprint density at radius 3 is 2.42 bits per heavy atom. The molecule has 1 aliphatic heterocycles.